The van der Waals surface area contributed by atoms with Crippen LogP contribution in [0.15, 0.2) is 81.3 Å². The number of nitrogen functional groups attached to an aromatic ring is 3. The second kappa shape index (κ2) is 40.5. The summed E-state index contributed by atoms with van der Waals surface area (Å²) in [6.07, 6.45) is -11.6. The molecular weight excluding hydrogens is 1770 g/mol. The maximum absolute atomic E-state index is 15.0. The van der Waals surface area contributed by atoms with Crippen molar-refractivity contribution >= 4 is 125 Å². The van der Waals surface area contributed by atoms with Crippen molar-refractivity contribution < 1.29 is 103 Å². The van der Waals surface area contributed by atoms with Gasteiger partial charge in [-0.05, 0) is 76.9 Å². The molecule has 0 bridgehead atoms. The number of aromatic nitrogens is 12. The molecule has 642 valence electrons. The lowest BCUT2D eigenvalue weighted by Crippen LogP contribution is -2.34. The van der Waals surface area contributed by atoms with Crippen LogP contribution < -0.4 is 72.6 Å². The normalized spacial score (nSPS) is 27.0. The number of imidazole rings is 1. The Kier molecular flexibility index (Phi) is 31.8. The summed E-state index contributed by atoms with van der Waals surface area (Å²) in [5.41, 5.74) is 17.4. The van der Waals surface area contributed by atoms with E-state index in [0.29, 0.717) is 19.6 Å². The third-order valence-electron chi connectivity index (χ3n) is 18.6. The summed E-state index contributed by atoms with van der Waals surface area (Å²) in [6.45, 7) is -15.1. The number of aliphatic hydroxyl groups is 1. The highest BCUT2D eigenvalue weighted by atomic mass is 79.9. The number of anilines is 3. The number of nitrogens with one attached hydrogen (secondary N) is 4. The third kappa shape index (κ3) is 24.2. The molecule has 6 aromatic heterocycles. The molecule has 0 aliphatic carbocycles. The van der Waals surface area contributed by atoms with Crippen molar-refractivity contribution in [1.82, 2.24) is 63.0 Å². The molecule has 1 amide bonds. The number of aliphatic hydroxyl groups excluding tert-OH is 1. The number of ether oxygens (including phenoxy) is 8. The molecule has 4 unspecified atom stereocenters. The first-order valence-electron chi connectivity index (χ1n) is 35.9. The Balaban J connectivity index is 0.801. The minimum absolute atomic E-state index is 0.00856. The van der Waals surface area contributed by atoms with Crippen molar-refractivity contribution in [2.24, 2.45) is 17.6 Å². The maximum atomic E-state index is 15.0. The molecule has 5 aliphatic heterocycles. The topological polar surface area (TPSA) is 614 Å². The Bertz CT molecular complexity index is 5090. The molecule has 0 spiro atoms. The van der Waals surface area contributed by atoms with Crippen LogP contribution in [-0.2, 0) is 136 Å². The molecule has 0 aromatic carbocycles. The molecule has 46 nitrogen and oxygen atoms in total. The summed E-state index contributed by atoms with van der Waals surface area (Å²) in [5.74, 6) is -0.951. The van der Waals surface area contributed by atoms with E-state index in [4.69, 9.17) is 149 Å². The predicted molar refractivity (Wildman–Crippen MR) is 420 cm³/mol. The second-order valence-corrected chi connectivity index (χ2v) is 39.0. The summed E-state index contributed by atoms with van der Waals surface area (Å²) in [6, 6.07) is 2.75. The van der Waals surface area contributed by atoms with Gasteiger partial charge in [0.15, 0.2) is 18.0 Å². The van der Waals surface area contributed by atoms with Gasteiger partial charge in [0.05, 0.1) is 121 Å². The Hall–Kier alpha value is -5.49. The average Bonchev–Trinajstić information content (AvgIpc) is 1.63. The van der Waals surface area contributed by atoms with E-state index in [9.17, 15) is 57.8 Å². The zero-order valence-electron chi connectivity index (χ0n) is 62.0. The van der Waals surface area contributed by atoms with Gasteiger partial charge in [0, 0.05) is 75.5 Å². The van der Waals surface area contributed by atoms with Gasteiger partial charge in [-0.2, -0.15) is 15.0 Å². The number of nitrogens with two attached hydrogens (primary N) is 4. The molecule has 11 heterocycles. The summed E-state index contributed by atoms with van der Waals surface area (Å²) in [4.78, 5) is 152. The summed E-state index contributed by atoms with van der Waals surface area (Å²) in [5, 5.41) is 13.0. The van der Waals surface area contributed by atoms with Gasteiger partial charge >= 0.3 is 36.2 Å². The van der Waals surface area contributed by atoms with Gasteiger partial charge in [-0.1, -0.05) is 25.7 Å². The molecule has 11 rings (SSSR count). The number of aromatic amines is 3. The number of nitrogens with zero attached hydrogens (tertiary/aromatic N) is 9. The van der Waals surface area contributed by atoms with Crippen LogP contribution in [0.25, 0.3) is 11.2 Å². The number of halogens is 1. The first-order chi connectivity index (χ1) is 55.1. The predicted octanol–water partition coefficient (Wildman–Crippen LogP) is -0.927. The Morgan fingerprint density at radius 3 is 1.78 bits per heavy atom. The molecule has 5 aliphatic rings. The zero-order chi connectivity index (χ0) is 83.6. The fraction of sp³-hybridized carbons (Fsp3) is 0.639. The van der Waals surface area contributed by atoms with Gasteiger partial charge < -0.3 is 134 Å². The number of hydrogen-bond donors (Lipinski definition) is 10. The summed E-state index contributed by atoms with van der Waals surface area (Å²) < 4.78 is 123. The van der Waals surface area contributed by atoms with E-state index in [1.807, 2.05) is 13.8 Å². The lowest BCUT2D eigenvalue weighted by molar-refractivity contribution is -0.215. The van der Waals surface area contributed by atoms with Crippen LogP contribution in [0.1, 0.15) is 89.1 Å². The maximum Gasteiger partial charge on any atom is 0.351 e. The number of fused-ring (bicyclic) bond motifs is 1. The molecule has 19 atom stereocenters. The SMILES string of the molecule is Cc1cn([C@H]2C[C@@H](OP(=S)(OCCOCCOCCNC(=O)CCOCCN)OC[C@H]3O[C@@H](n4ccc(N)nc4=O)C[C@H]3C(C)C)[C@@H](COP([O-])(=S)O[C@@H]3C[C@H](n4cnc5c(=O)[nH]c(N)nc54)O[C@@H]3COP(=O)([S-])O[C@@H]3C[C@H](n4ccc(N)nc4=O)O[C@@H]3COP(O)(=S)O[C@@H]3C[C@H](n4cc(Br)c(=O)[nH]c4=O)O[C@@H]3CO)O2)c(=O)[nH]c1=O. The van der Waals surface area contributed by atoms with Crippen molar-refractivity contribution in [2.45, 2.75) is 145 Å². The molecule has 116 heavy (non-hydrogen) atoms. The van der Waals surface area contributed by atoms with Crippen LogP contribution in [-0.4, -0.2) is 221 Å². The van der Waals surface area contributed by atoms with E-state index in [2.05, 4.69) is 56.1 Å². The lowest BCUT2D eigenvalue weighted by atomic mass is 9.89. The van der Waals surface area contributed by atoms with E-state index in [1.165, 1.54) is 59.3 Å². The molecular formula is C61H86BrN17O29P4S4-2. The highest BCUT2D eigenvalue weighted by Gasteiger charge is 2.48. The Labute approximate surface area is 685 Å². The van der Waals surface area contributed by atoms with Crippen LogP contribution in [0.4, 0.5) is 17.6 Å². The number of carbonyl (C=O) groups is 1. The number of aryl methyl sites for hydroxylation is 1. The van der Waals surface area contributed by atoms with Crippen molar-refractivity contribution in [3.8, 4) is 0 Å². The van der Waals surface area contributed by atoms with E-state index < -0.39 is 179 Å². The van der Waals surface area contributed by atoms with E-state index in [1.54, 1.807) is 0 Å². The molecule has 55 heteroatoms. The quantitative estimate of drug-likeness (QED) is 0.0126. The number of hydrogen-bond acceptors (Lipinski definition) is 40. The van der Waals surface area contributed by atoms with Crippen LogP contribution in [0.5, 0.6) is 0 Å². The molecule has 14 N–H and O–H groups in total. The van der Waals surface area contributed by atoms with Crippen LogP contribution in [0.3, 0.4) is 0 Å². The van der Waals surface area contributed by atoms with Crippen molar-refractivity contribution in [2.75, 3.05) is 110 Å². The van der Waals surface area contributed by atoms with E-state index in [-0.39, 0.29) is 141 Å². The van der Waals surface area contributed by atoms with Crippen LogP contribution in [0.2, 0.25) is 0 Å². The van der Waals surface area contributed by atoms with Crippen molar-refractivity contribution in [3.63, 3.8) is 0 Å². The number of H-pyrrole nitrogens is 3. The standard InChI is InChI=1S/C61H88BrN17O29P4S4/c1-31(2)33-18-47(75-9-4-44(64)69-58(75)85)101-40(33)26-99-112(116,95-17-16-94-15-14-93-13-8-67-46(81)6-11-92-12-7-63)108-38-22-49(77-23-32(3)54(82)73-60(77)87)103-43(38)29-98-111(91,115)107-37-21-51(79-30-68-52-53(79)71-57(66)72-56(52)84)104-42(37)28-97-110(90,114)106-36-20-48(76-10-5-45(65)70-59(76)86)102-41(36)27-96-109(89,113)105-35-19-50(100-39(35)25-80)78-24-34(62)55(83)74-61(78)88/h4-5,9-10,23-24,30-31,33,35-43,47-51,80H,6-8,11-22,25-29,63H2,1-3H3,(H,67,81)(H,89,113)(H,90,114)(H,91,115)(H2,64,69,85)(H2,65,70,86)(H,73,82,87)(H,74,83,88)(H3,66,71,72,84)/p-2/t33-,35+,36+,37+,38+,39+,40+,41+,42+,43+,47+,48+,49+,50+,51+,109?,110?,111?,112?/m0/s1. The summed E-state index contributed by atoms with van der Waals surface area (Å²) in [7, 11) is 0. The van der Waals surface area contributed by atoms with E-state index in [0.717, 1.165) is 13.7 Å². The molecule has 0 saturated carbocycles. The first-order valence-corrected chi connectivity index (χ1v) is 47.0. The van der Waals surface area contributed by atoms with E-state index >= 15 is 0 Å². The molecule has 0 radical (unpaired) electrons. The van der Waals surface area contributed by atoms with Gasteiger partial charge in [0.1, 0.15) is 73.9 Å². The van der Waals surface area contributed by atoms with Crippen molar-refractivity contribution in [3.05, 3.63) is 126 Å². The fourth-order valence-electron chi connectivity index (χ4n) is 13.0. The van der Waals surface area contributed by atoms with Crippen molar-refractivity contribution in [1.29, 1.82) is 0 Å². The largest absolute Gasteiger partial charge is 0.780 e. The molecule has 5 saturated heterocycles. The second-order valence-electron chi connectivity index (χ2n) is 27.0. The zero-order valence-corrected chi connectivity index (χ0v) is 70.4. The monoisotopic (exact) mass is 1850 g/mol. The fourth-order valence-corrected chi connectivity index (χ4v) is 19.8. The Morgan fingerprint density at radius 2 is 1.16 bits per heavy atom. The molecule has 6 aromatic rings. The van der Waals surface area contributed by atoms with Gasteiger partial charge in [0.2, 0.25) is 11.9 Å². The highest BCUT2D eigenvalue weighted by Crippen LogP contribution is 2.57. The van der Waals surface area contributed by atoms with Gasteiger partial charge in [-0.15, -0.1) is 0 Å². The van der Waals surface area contributed by atoms with Gasteiger partial charge in [-0.3, -0.25) is 61.5 Å². The Morgan fingerprint density at radius 1 is 0.638 bits per heavy atom. The number of rotatable bonds is 42. The van der Waals surface area contributed by atoms with Crippen LogP contribution >= 0.6 is 42.9 Å². The van der Waals surface area contributed by atoms with Gasteiger partial charge in [0.25, 0.3) is 16.7 Å². The minimum Gasteiger partial charge on any atom is -0.780 e. The number of amides is 1. The molecule has 5 fully saturated rings. The van der Waals surface area contributed by atoms with Gasteiger partial charge in [-0.25, -0.2) is 24.2 Å². The third-order valence-corrected chi connectivity index (χ3v) is 26.3. The average molecular weight is 1850 g/mol. The smallest absolute Gasteiger partial charge is 0.351 e. The lowest BCUT2D eigenvalue weighted by Gasteiger charge is -2.34. The first kappa shape index (κ1) is 91.3. The number of carbonyl (C=O) groups excluding carboxylic acids is 1. The highest BCUT2D eigenvalue weighted by molar-refractivity contribution is 9.10. The minimum atomic E-state index is -4.91. The van der Waals surface area contributed by atoms with Crippen LogP contribution in [0, 0.1) is 18.8 Å². The summed E-state index contributed by atoms with van der Waals surface area (Å²) >= 11 is 25.7.